The Morgan fingerprint density at radius 2 is 2.57 bits per heavy atom. The molecule has 0 atom stereocenters. The first-order valence-corrected chi connectivity index (χ1v) is 2.34. The minimum absolute atomic E-state index is 0.344. The van der Waals surface area contributed by atoms with Crippen molar-refractivity contribution >= 4 is 18.9 Å². The van der Waals surface area contributed by atoms with Gasteiger partial charge in [-0.3, -0.25) is 4.31 Å². The van der Waals surface area contributed by atoms with E-state index < -0.39 is 0 Å². The third-order valence-electron chi connectivity index (χ3n) is 0.739. The van der Waals surface area contributed by atoms with E-state index in [9.17, 15) is 4.79 Å². The maximum absolute atomic E-state index is 10.2. The lowest BCUT2D eigenvalue weighted by Crippen LogP contribution is -2.10. The molecule has 0 N–H and O–H groups in total. The van der Waals surface area contributed by atoms with Crippen molar-refractivity contribution in [1.29, 1.82) is 0 Å². The van der Waals surface area contributed by atoms with Gasteiger partial charge in [-0.15, -0.1) is 0 Å². The molecule has 0 saturated carbocycles. The molecule has 0 aromatic carbocycles. The third kappa shape index (κ3) is 0.796. The van der Waals surface area contributed by atoms with Crippen molar-refractivity contribution in [2.45, 2.75) is 0 Å². The summed E-state index contributed by atoms with van der Waals surface area (Å²) in [4.78, 5) is 10.2. The molecule has 1 rings (SSSR count). The summed E-state index contributed by atoms with van der Waals surface area (Å²) in [6.07, 6.45) is -0.344. The van der Waals surface area contributed by atoms with Gasteiger partial charge in [0, 0.05) is 0 Å². The van der Waals surface area contributed by atoms with Crippen molar-refractivity contribution in [1.82, 2.24) is 4.31 Å². The Hall–Kier alpha value is -0.380. The van der Waals surface area contributed by atoms with Gasteiger partial charge >= 0.3 is 6.09 Å². The molecule has 0 spiro atoms. The van der Waals surface area contributed by atoms with Gasteiger partial charge in [0.2, 0.25) is 0 Å². The zero-order valence-corrected chi connectivity index (χ0v) is 4.52. The van der Waals surface area contributed by atoms with Crippen LogP contribution >= 0.6 is 12.8 Å². The molecule has 0 aromatic rings. The lowest BCUT2D eigenvalue weighted by molar-refractivity contribution is 0.171. The fourth-order valence-electron chi connectivity index (χ4n) is 0.385. The molecule has 1 fully saturated rings. The van der Waals surface area contributed by atoms with Gasteiger partial charge in [-0.1, -0.05) is 12.8 Å². The molecule has 1 heterocycles. The quantitative estimate of drug-likeness (QED) is 0.464. The van der Waals surface area contributed by atoms with Crippen LogP contribution in [0, 0.1) is 0 Å². The van der Waals surface area contributed by atoms with Crippen LogP contribution in [0.4, 0.5) is 4.79 Å². The number of thiol groups is 1. The van der Waals surface area contributed by atoms with Gasteiger partial charge < -0.3 is 4.74 Å². The van der Waals surface area contributed by atoms with E-state index in [-0.39, 0.29) is 6.09 Å². The number of hydrogen-bond acceptors (Lipinski definition) is 3. The zero-order chi connectivity index (χ0) is 5.28. The molecule has 1 aliphatic rings. The second-order valence-corrected chi connectivity index (χ2v) is 1.72. The van der Waals surface area contributed by atoms with Crippen LogP contribution in [-0.4, -0.2) is 23.6 Å². The van der Waals surface area contributed by atoms with E-state index in [0.717, 1.165) is 0 Å². The Bertz CT molecular complexity index is 94.9. The van der Waals surface area contributed by atoms with E-state index in [1.165, 1.54) is 4.31 Å². The number of rotatable bonds is 0. The second kappa shape index (κ2) is 1.61. The fourth-order valence-corrected chi connectivity index (χ4v) is 0.525. The van der Waals surface area contributed by atoms with Crippen LogP contribution in [0.1, 0.15) is 0 Å². The lowest BCUT2D eigenvalue weighted by Gasteiger charge is -1.96. The summed E-state index contributed by atoms with van der Waals surface area (Å²) < 4.78 is 5.71. The van der Waals surface area contributed by atoms with Crippen molar-refractivity contribution in [2.75, 3.05) is 13.2 Å². The second-order valence-electron chi connectivity index (χ2n) is 1.24. The Morgan fingerprint density at radius 3 is 2.71 bits per heavy atom. The van der Waals surface area contributed by atoms with Gasteiger partial charge in [-0.2, -0.15) is 0 Å². The summed E-state index contributed by atoms with van der Waals surface area (Å²) in [5.74, 6) is 0. The average Bonchev–Trinajstić information content (AvgIpc) is 1.91. The largest absolute Gasteiger partial charge is 0.447 e. The van der Waals surface area contributed by atoms with Crippen LogP contribution in [0.5, 0.6) is 0 Å². The highest BCUT2D eigenvalue weighted by Crippen LogP contribution is 2.03. The van der Waals surface area contributed by atoms with E-state index in [1.54, 1.807) is 0 Å². The SMILES string of the molecule is O=C1OCCN1S. The van der Waals surface area contributed by atoms with E-state index in [1.807, 2.05) is 0 Å². The molecule has 1 amide bonds. The predicted octanol–water partition coefficient (Wildman–Crippen LogP) is 0.283. The molecule has 40 valence electrons. The van der Waals surface area contributed by atoms with Crippen LogP contribution in [-0.2, 0) is 4.74 Å². The average molecular weight is 119 g/mol. The van der Waals surface area contributed by atoms with Gasteiger partial charge in [0.1, 0.15) is 6.61 Å². The standard InChI is InChI=1S/C3H5NO2S/c5-3-4(7)1-2-6-3/h7H,1-2H2. The Balaban J connectivity index is 2.48. The summed E-state index contributed by atoms with van der Waals surface area (Å²) in [5.41, 5.74) is 0. The summed E-state index contributed by atoms with van der Waals surface area (Å²) in [7, 11) is 0. The molecule has 0 bridgehead atoms. The van der Waals surface area contributed by atoms with Gasteiger partial charge in [-0.25, -0.2) is 4.79 Å². The van der Waals surface area contributed by atoms with Gasteiger partial charge in [-0.05, 0) is 0 Å². The Labute approximate surface area is 46.8 Å². The third-order valence-corrected chi connectivity index (χ3v) is 1.10. The Morgan fingerprint density at radius 1 is 1.86 bits per heavy atom. The highest BCUT2D eigenvalue weighted by molar-refractivity contribution is 7.78. The highest BCUT2D eigenvalue weighted by Gasteiger charge is 2.17. The van der Waals surface area contributed by atoms with Gasteiger partial charge in [0.25, 0.3) is 0 Å². The maximum atomic E-state index is 10.2. The van der Waals surface area contributed by atoms with Crippen LogP contribution < -0.4 is 0 Å². The number of carbonyl (C=O) groups is 1. The molecular weight excluding hydrogens is 114 g/mol. The van der Waals surface area contributed by atoms with Gasteiger partial charge in [0.05, 0.1) is 6.54 Å². The first kappa shape index (κ1) is 4.77. The van der Waals surface area contributed by atoms with Crippen molar-refractivity contribution in [3.05, 3.63) is 0 Å². The smallest absolute Gasteiger partial charge is 0.419 e. The normalized spacial score (nSPS) is 20.1. The van der Waals surface area contributed by atoms with E-state index in [0.29, 0.717) is 13.2 Å². The number of amides is 1. The predicted molar refractivity (Wildman–Crippen MR) is 27.0 cm³/mol. The van der Waals surface area contributed by atoms with Crippen molar-refractivity contribution < 1.29 is 9.53 Å². The molecule has 7 heavy (non-hydrogen) atoms. The van der Waals surface area contributed by atoms with Crippen molar-refractivity contribution in [2.24, 2.45) is 0 Å². The summed E-state index contributed by atoms with van der Waals surface area (Å²) in [5, 5.41) is 0. The van der Waals surface area contributed by atoms with Gasteiger partial charge in [0.15, 0.2) is 0 Å². The number of cyclic esters (lactones) is 1. The maximum Gasteiger partial charge on any atom is 0.419 e. The Kier molecular flexibility index (Phi) is 1.10. The molecule has 0 radical (unpaired) electrons. The molecule has 0 unspecified atom stereocenters. The molecule has 1 aliphatic heterocycles. The van der Waals surface area contributed by atoms with E-state index in [2.05, 4.69) is 17.6 Å². The molecule has 0 aliphatic carbocycles. The molecule has 3 nitrogen and oxygen atoms in total. The van der Waals surface area contributed by atoms with Crippen LogP contribution in [0.25, 0.3) is 0 Å². The summed E-state index contributed by atoms with van der Waals surface area (Å²) in [6, 6.07) is 0. The zero-order valence-electron chi connectivity index (χ0n) is 3.63. The summed E-state index contributed by atoms with van der Waals surface area (Å²) in [6.45, 7) is 1.07. The molecule has 0 aromatic heterocycles. The van der Waals surface area contributed by atoms with Crippen LogP contribution in [0.2, 0.25) is 0 Å². The van der Waals surface area contributed by atoms with Crippen molar-refractivity contribution in [3.63, 3.8) is 0 Å². The summed E-state index contributed by atoms with van der Waals surface area (Å²) >= 11 is 3.75. The van der Waals surface area contributed by atoms with E-state index >= 15 is 0 Å². The lowest BCUT2D eigenvalue weighted by atomic mass is 10.7. The van der Waals surface area contributed by atoms with Crippen molar-refractivity contribution in [3.8, 4) is 0 Å². The van der Waals surface area contributed by atoms with Crippen LogP contribution in [0.15, 0.2) is 0 Å². The topological polar surface area (TPSA) is 29.5 Å². The number of ether oxygens (including phenoxy) is 1. The first-order chi connectivity index (χ1) is 3.30. The molecule has 1 saturated heterocycles. The number of nitrogens with zero attached hydrogens (tertiary/aromatic N) is 1. The molecular formula is C3H5NO2S. The molecule has 4 heteroatoms. The number of carbonyl (C=O) groups excluding carboxylic acids is 1. The first-order valence-electron chi connectivity index (χ1n) is 1.94. The minimum Gasteiger partial charge on any atom is -0.447 e. The van der Waals surface area contributed by atoms with Crippen LogP contribution in [0.3, 0.4) is 0 Å². The van der Waals surface area contributed by atoms with E-state index in [4.69, 9.17) is 0 Å². The monoisotopic (exact) mass is 119 g/mol. The number of hydrogen-bond donors (Lipinski definition) is 1. The highest BCUT2D eigenvalue weighted by atomic mass is 32.1. The minimum atomic E-state index is -0.344. The fraction of sp³-hybridized carbons (Fsp3) is 0.667.